The minimum absolute atomic E-state index is 0.0923. The molecule has 3 N–H and O–H groups in total. The summed E-state index contributed by atoms with van der Waals surface area (Å²) in [7, 11) is -3.61. The summed E-state index contributed by atoms with van der Waals surface area (Å²) in [4.78, 5) is 11.3. The molecular weight excluding hydrogens is 254 g/mol. The first-order chi connectivity index (χ1) is 8.34. The highest BCUT2D eigenvalue weighted by molar-refractivity contribution is 7.92. The van der Waals surface area contributed by atoms with Crippen molar-refractivity contribution in [3.05, 3.63) is 29.8 Å². The predicted molar refractivity (Wildman–Crippen MR) is 65.9 cm³/mol. The summed E-state index contributed by atoms with van der Waals surface area (Å²) >= 11 is 0. The fraction of sp³-hybridized carbons (Fsp3) is 0.417. The van der Waals surface area contributed by atoms with E-state index in [9.17, 15) is 13.2 Å². The molecule has 0 spiro atoms. The highest BCUT2D eigenvalue weighted by Gasteiger charge is 2.66. The van der Waals surface area contributed by atoms with Crippen molar-refractivity contribution in [2.45, 2.75) is 23.5 Å². The molecule has 18 heavy (non-hydrogen) atoms. The van der Waals surface area contributed by atoms with Crippen LogP contribution in [-0.2, 0) is 14.6 Å². The first-order valence-electron chi connectivity index (χ1n) is 5.58. The van der Waals surface area contributed by atoms with E-state index >= 15 is 0 Å². The fourth-order valence-electron chi connectivity index (χ4n) is 2.10. The molecule has 0 aromatic heterocycles. The van der Waals surface area contributed by atoms with E-state index in [1.54, 1.807) is 12.1 Å². The van der Waals surface area contributed by atoms with Gasteiger partial charge in [0.15, 0.2) is 9.84 Å². The van der Waals surface area contributed by atoms with Crippen molar-refractivity contribution in [2.75, 3.05) is 6.54 Å². The van der Waals surface area contributed by atoms with E-state index in [0.29, 0.717) is 0 Å². The largest absolute Gasteiger partial charge is 0.481 e. The van der Waals surface area contributed by atoms with Gasteiger partial charge in [0.25, 0.3) is 0 Å². The molecule has 0 amide bonds. The first kappa shape index (κ1) is 13.0. The van der Waals surface area contributed by atoms with Crippen LogP contribution in [0.25, 0.3) is 0 Å². The van der Waals surface area contributed by atoms with Crippen LogP contribution in [0, 0.1) is 12.3 Å². The molecule has 6 heteroatoms. The molecule has 0 saturated heterocycles. The van der Waals surface area contributed by atoms with Crippen molar-refractivity contribution >= 4 is 15.8 Å². The molecule has 2 rings (SSSR count). The molecule has 0 aliphatic heterocycles. The number of rotatable bonds is 4. The van der Waals surface area contributed by atoms with Crippen molar-refractivity contribution in [1.82, 2.24) is 0 Å². The topological polar surface area (TPSA) is 97.5 Å². The maximum absolute atomic E-state index is 12.3. The highest BCUT2D eigenvalue weighted by atomic mass is 32.2. The molecule has 1 aromatic carbocycles. The van der Waals surface area contributed by atoms with Crippen molar-refractivity contribution < 1.29 is 18.3 Å². The number of hydrogen-bond donors (Lipinski definition) is 2. The van der Waals surface area contributed by atoms with E-state index in [4.69, 9.17) is 10.8 Å². The van der Waals surface area contributed by atoms with Crippen molar-refractivity contribution in [3.8, 4) is 0 Å². The third-order valence-electron chi connectivity index (χ3n) is 3.52. The van der Waals surface area contributed by atoms with Gasteiger partial charge >= 0.3 is 5.97 Å². The summed E-state index contributed by atoms with van der Waals surface area (Å²) in [5.74, 6) is -1.13. The second kappa shape index (κ2) is 4.07. The van der Waals surface area contributed by atoms with Crippen LogP contribution in [0.4, 0.5) is 0 Å². The molecule has 1 aliphatic carbocycles. The SMILES string of the molecule is Cc1ccc(S(=O)(=O)[C@H]2C[C@@]2(CN)C(=O)O)cc1. The maximum atomic E-state index is 12.3. The lowest BCUT2D eigenvalue weighted by molar-refractivity contribution is -0.142. The Kier molecular flexibility index (Phi) is 2.95. The number of hydrogen-bond acceptors (Lipinski definition) is 4. The Morgan fingerprint density at radius 1 is 1.44 bits per heavy atom. The predicted octanol–water partition coefficient (Wildman–Crippen LogP) is 0.571. The van der Waals surface area contributed by atoms with Gasteiger partial charge in [-0.1, -0.05) is 17.7 Å². The zero-order chi connectivity index (χ0) is 13.6. The van der Waals surface area contributed by atoms with Crippen LogP contribution in [0.2, 0.25) is 0 Å². The van der Waals surface area contributed by atoms with E-state index in [0.717, 1.165) is 5.56 Å². The van der Waals surface area contributed by atoms with Gasteiger partial charge in [0.2, 0.25) is 0 Å². The van der Waals surface area contributed by atoms with Gasteiger partial charge in [0.1, 0.15) is 0 Å². The summed E-state index contributed by atoms with van der Waals surface area (Å²) in [6.07, 6.45) is 0.0923. The van der Waals surface area contributed by atoms with Crippen LogP contribution < -0.4 is 5.73 Å². The second-order valence-electron chi connectivity index (χ2n) is 4.72. The molecule has 1 saturated carbocycles. The summed E-state index contributed by atoms with van der Waals surface area (Å²) in [5, 5.41) is 8.18. The number of aliphatic carboxylic acids is 1. The van der Waals surface area contributed by atoms with Gasteiger partial charge in [-0.25, -0.2) is 8.42 Å². The number of aryl methyl sites for hydroxylation is 1. The smallest absolute Gasteiger partial charge is 0.312 e. The quantitative estimate of drug-likeness (QED) is 0.832. The minimum atomic E-state index is -3.61. The second-order valence-corrected chi connectivity index (χ2v) is 6.85. The number of carboxylic acid groups (broad SMARTS) is 1. The van der Waals surface area contributed by atoms with Crippen LogP contribution in [-0.4, -0.2) is 31.3 Å². The zero-order valence-electron chi connectivity index (χ0n) is 9.96. The molecule has 98 valence electrons. The molecule has 2 atom stereocenters. The van der Waals surface area contributed by atoms with Gasteiger partial charge in [-0.3, -0.25) is 4.79 Å². The van der Waals surface area contributed by atoms with E-state index in [2.05, 4.69) is 0 Å². The van der Waals surface area contributed by atoms with Crippen molar-refractivity contribution in [1.29, 1.82) is 0 Å². The standard InChI is InChI=1S/C12H15NO4S/c1-8-2-4-9(5-3-8)18(16,17)10-6-12(10,7-13)11(14)15/h2-5,10H,6-7,13H2,1H3,(H,14,15)/t10-,12-/m0/s1. The van der Waals surface area contributed by atoms with Gasteiger partial charge in [0.05, 0.1) is 15.6 Å². The first-order valence-corrected chi connectivity index (χ1v) is 7.13. The van der Waals surface area contributed by atoms with Crippen molar-refractivity contribution in [3.63, 3.8) is 0 Å². The van der Waals surface area contributed by atoms with Gasteiger partial charge in [-0.2, -0.15) is 0 Å². The summed E-state index contributed by atoms with van der Waals surface area (Å²) in [6, 6.07) is 6.40. The fourth-order valence-corrected chi connectivity index (χ4v) is 4.25. The average molecular weight is 269 g/mol. The lowest BCUT2D eigenvalue weighted by atomic mass is 10.1. The van der Waals surface area contributed by atoms with Gasteiger partial charge in [-0.15, -0.1) is 0 Å². The van der Waals surface area contributed by atoms with Gasteiger partial charge in [0, 0.05) is 6.54 Å². The van der Waals surface area contributed by atoms with E-state index < -0.39 is 26.5 Å². The zero-order valence-corrected chi connectivity index (χ0v) is 10.8. The van der Waals surface area contributed by atoms with Crippen LogP contribution in [0.15, 0.2) is 29.2 Å². The Bertz CT molecular complexity index is 579. The third-order valence-corrected chi connectivity index (χ3v) is 5.82. The normalized spacial score (nSPS) is 26.9. The Morgan fingerprint density at radius 2 is 2.00 bits per heavy atom. The van der Waals surface area contributed by atoms with Gasteiger partial charge in [-0.05, 0) is 25.5 Å². The molecule has 0 unspecified atom stereocenters. The van der Waals surface area contributed by atoms with Crippen molar-refractivity contribution in [2.24, 2.45) is 11.1 Å². The van der Waals surface area contributed by atoms with Crippen LogP contribution in [0.5, 0.6) is 0 Å². The number of carboxylic acids is 1. The van der Waals surface area contributed by atoms with E-state index in [-0.39, 0.29) is 17.9 Å². The van der Waals surface area contributed by atoms with Crippen LogP contribution in [0.3, 0.4) is 0 Å². The lowest BCUT2D eigenvalue weighted by Crippen LogP contribution is -2.31. The number of benzene rings is 1. The van der Waals surface area contributed by atoms with E-state index in [1.165, 1.54) is 12.1 Å². The summed E-state index contributed by atoms with van der Waals surface area (Å²) in [6.45, 7) is 1.70. The molecule has 0 bridgehead atoms. The monoisotopic (exact) mass is 269 g/mol. The Balaban J connectivity index is 2.35. The Morgan fingerprint density at radius 3 is 2.39 bits per heavy atom. The molecule has 1 aliphatic rings. The van der Waals surface area contributed by atoms with Gasteiger partial charge < -0.3 is 10.8 Å². The minimum Gasteiger partial charge on any atom is -0.481 e. The molecule has 5 nitrogen and oxygen atoms in total. The number of carbonyl (C=O) groups is 1. The molecular formula is C12H15NO4S. The molecule has 1 fully saturated rings. The average Bonchev–Trinajstić information content (AvgIpc) is 3.06. The molecule has 0 heterocycles. The van der Waals surface area contributed by atoms with Crippen LogP contribution in [0.1, 0.15) is 12.0 Å². The third kappa shape index (κ3) is 1.81. The molecule has 0 radical (unpaired) electrons. The van der Waals surface area contributed by atoms with E-state index in [1.807, 2.05) is 6.92 Å². The lowest BCUT2D eigenvalue weighted by Gasteiger charge is -2.10. The Hall–Kier alpha value is -1.40. The summed E-state index contributed by atoms with van der Waals surface area (Å²) < 4.78 is 24.5. The number of nitrogens with two attached hydrogens (primary N) is 1. The summed E-state index contributed by atoms with van der Waals surface area (Å²) in [5.41, 5.74) is 5.06. The maximum Gasteiger partial charge on any atom is 0.312 e. The van der Waals surface area contributed by atoms with Crippen LogP contribution >= 0.6 is 0 Å². The highest BCUT2D eigenvalue weighted by Crippen LogP contribution is 2.52. The molecule has 1 aromatic rings. The number of sulfone groups is 1. The Labute approximate surface area is 106 Å².